The lowest BCUT2D eigenvalue weighted by Crippen LogP contribution is -2.33. The number of hydrogen-bond donors (Lipinski definition) is 4. The van der Waals surface area contributed by atoms with Crippen LogP contribution in [0.25, 0.3) is 0 Å². The van der Waals surface area contributed by atoms with E-state index in [0.717, 1.165) is 5.56 Å². The molecule has 4 N–H and O–H groups in total. The first-order valence-electron chi connectivity index (χ1n) is 8.50. The van der Waals surface area contributed by atoms with E-state index in [1.807, 2.05) is 6.92 Å². The van der Waals surface area contributed by atoms with Gasteiger partial charge in [-0.25, -0.2) is 4.79 Å². The molecule has 0 fully saturated rings. The van der Waals surface area contributed by atoms with Gasteiger partial charge in [0.2, 0.25) is 6.03 Å². The number of nitrogens with one attached hydrogen (secondary N) is 1. The monoisotopic (exact) mass is 389 g/mol. The highest BCUT2D eigenvalue weighted by Gasteiger charge is 2.34. The summed E-state index contributed by atoms with van der Waals surface area (Å²) in [6.07, 6.45) is -1.45. The Balaban J connectivity index is 2.62. The van der Waals surface area contributed by atoms with Gasteiger partial charge in [0.1, 0.15) is 0 Å². The molecular formula is C17H28NO7P. The van der Waals surface area contributed by atoms with Gasteiger partial charge in [-0.05, 0) is 38.5 Å². The van der Waals surface area contributed by atoms with Crippen molar-refractivity contribution in [3.8, 4) is 0 Å². The van der Waals surface area contributed by atoms with Crippen LogP contribution in [0.15, 0.2) is 24.3 Å². The second-order valence-electron chi connectivity index (χ2n) is 5.87. The van der Waals surface area contributed by atoms with Gasteiger partial charge in [0.25, 0.3) is 7.37 Å². The molecule has 0 heterocycles. The lowest BCUT2D eigenvalue weighted by Gasteiger charge is -2.25. The molecule has 0 aliphatic heterocycles. The maximum absolute atomic E-state index is 12.4. The highest BCUT2D eigenvalue weighted by Crippen LogP contribution is 2.47. The summed E-state index contributed by atoms with van der Waals surface area (Å²) in [4.78, 5) is 21.2. The van der Waals surface area contributed by atoms with Crippen molar-refractivity contribution in [1.82, 2.24) is 5.32 Å². The zero-order valence-electron chi connectivity index (χ0n) is 15.3. The predicted octanol–water partition coefficient (Wildman–Crippen LogP) is 2.02. The Labute approximate surface area is 153 Å². The Morgan fingerprint density at radius 3 is 2.42 bits per heavy atom. The van der Waals surface area contributed by atoms with Crippen LogP contribution in [0, 0.1) is 0 Å². The second-order valence-corrected chi connectivity index (χ2v) is 8.17. The Kier molecular flexibility index (Phi) is 9.43. The molecule has 8 nitrogen and oxygen atoms in total. The second kappa shape index (κ2) is 10.8. The first-order chi connectivity index (χ1) is 12.2. The summed E-state index contributed by atoms with van der Waals surface area (Å²) in [5.41, 5.74) is 0.915. The number of aromatic carboxylic acids is 1. The van der Waals surface area contributed by atoms with Crippen molar-refractivity contribution in [2.75, 3.05) is 25.9 Å². The van der Waals surface area contributed by atoms with Crippen molar-refractivity contribution < 1.29 is 33.9 Å². The number of aliphatic hydroxyl groups is 1. The number of carboxylic acid groups (broad SMARTS) is 1. The van der Waals surface area contributed by atoms with Gasteiger partial charge in [-0.15, -0.1) is 0 Å². The summed E-state index contributed by atoms with van der Waals surface area (Å²) in [6, 6.07) is 4.96. The number of ether oxygens (including phenoxy) is 2. The van der Waals surface area contributed by atoms with E-state index in [0.29, 0.717) is 0 Å². The van der Waals surface area contributed by atoms with E-state index in [9.17, 15) is 19.4 Å². The van der Waals surface area contributed by atoms with Gasteiger partial charge in [0.05, 0.1) is 17.8 Å². The molecule has 0 saturated carbocycles. The number of carboxylic acids is 1. The summed E-state index contributed by atoms with van der Waals surface area (Å²) < 4.78 is 22.7. The van der Waals surface area contributed by atoms with E-state index in [-0.39, 0.29) is 37.5 Å². The van der Waals surface area contributed by atoms with Crippen molar-refractivity contribution in [3.05, 3.63) is 35.4 Å². The predicted molar refractivity (Wildman–Crippen MR) is 97.6 cm³/mol. The minimum absolute atomic E-state index is 0.0635. The Hall–Kier alpha value is -1.28. The van der Waals surface area contributed by atoms with Gasteiger partial charge in [-0.1, -0.05) is 12.1 Å². The average molecular weight is 389 g/mol. The fourth-order valence-electron chi connectivity index (χ4n) is 2.39. The van der Waals surface area contributed by atoms with Crippen LogP contribution in [0.1, 0.15) is 42.7 Å². The number of hydrogen-bond acceptors (Lipinski definition) is 6. The van der Waals surface area contributed by atoms with Gasteiger partial charge >= 0.3 is 5.97 Å². The lowest BCUT2D eigenvalue weighted by molar-refractivity contribution is -0.0876. The van der Waals surface area contributed by atoms with Crippen LogP contribution in [0.4, 0.5) is 0 Å². The van der Waals surface area contributed by atoms with Crippen molar-refractivity contribution in [2.24, 2.45) is 0 Å². The fourth-order valence-corrected chi connectivity index (χ4v) is 4.06. The first kappa shape index (κ1) is 22.8. The van der Waals surface area contributed by atoms with E-state index in [2.05, 4.69) is 5.32 Å². The largest absolute Gasteiger partial charge is 0.478 e. The van der Waals surface area contributed by atoms with Gasteiger partial charge in [-0.3, -0.25) is 4.57 Å². The van der Waals surface area contributed by atoms with Crippen molar-refractivity contribution in [3.63, 3.8) is 0 Å². The molecule has 26 heavy (non-hydrogen) atoms. The molecule has 9 heteroatoms. The third-order valence-corrected chi connectivity index (χ3v) is 5.62. The minimum atomic E-state index is -3.86. The van der Waals surface area contributed by atoms with Crippen LogP contribution >= 0.6 is 7.37 Å². The van der Waals surface area contributed by atoms with Gasteiger partial charge in [0.15, 0.2) is 0 Å². The third-order valence-electron chi connectivity index (χ3n) is 3.71. The zero-order valence-corrected chi connectivity index (χ0v) is 16.2. The van der Waals surface area contributed by atoms with Crippen LogP contribution in [0.2, 0.25) is 0 Å². The molecule has 2 unspecified atom stereocenters. The highest BCUT2D eigenvalue weighted by molar-refractivity contribution is 7.58. The fraction of sp³-hybridized carbons (Fsp3) is 0.588. The summed E-state index contributed by atoms with van der Waals surface area (Å²) in [5, 5.41) is 22.2. The molecule has 3 atom stereocenters. The van der Waals surface area contributed by atoms with Crippen molar-refractivity contribution >= 4 is 13.3 Å². The quantitative estimate of drug-likeness (QED) is 0.316. The molecule has 0 radical (unpaired) electrons. The van der Waals surface area contributed by atoms with E-state index < -0.39 is 25.5 Å². The summed E-state index contributed by atoms with van der Waals surface area (Å²) >= 11 is 0. The van der Waals surface area contributed by atoms with E-state index in [1.165, 1.54) is 6.07 Å². The summed E-state index contributed by atoms with van der Waals surface area (Å²) in [5.74, 6) is -1.02. The molecule has 1 aromatic rings. The number of benzene rings is 1. The van der Waals surface area contributed by atoms with E-state index in [4.69, 9.17) is 14.6 Å². The van der Waals surface area contributed by atoms with Crippen LogP contribution in [-0.2, 0) is 14.0 Å². The standard InChI is InChI=1S/C17H28NO7P/c1-4-24-17(25-5-2)26(22,23)11-15(19)10-18-12(3)13-7-6-8-14(9-13)16(20)21/h6-9,12,15,17-19H,4-5,10-11H2,1-3H3,(H,20,21)(H,22,23)/t12-,15?/m0/s1. The molecular weight excluding hydrogens is 361 g/mol. The Morgan fingerprint density at radius 2 is 1.88 bits per heavy atom. The molecule has 0 bridgehead atoms. The van der Waals surface area contributed by atoms with Crippen molar-refractivity contribution in [2.45, 2.75) is 38.9 Å². The van der Waals surface area contributed by atoms with Gasteiger partial charge < -0.3 is 29.9 Å². The molecule has 0 aliphatic rings. The molecule has 148 valence electrons. The zero-order chi connectivity index (χ0) is 19.7. The van der Waals surface area contributed by atoms with Crippen LogP contribution in [0.5, 0.6) is 0 Å². The average Bonchev–Trinajstić information content (AvgIpc) is 2.59. The molecule has 0 saturated heterocycles. The minimum Gasteiger partial charge on any atom is -0.478 e. The maximum atomic E-state index is 12.4. The molecule has 0 spiro atoms. The molecule has 1 aromatic carbocycles. The molecule has 1 rings (SSSR count). The summed E-state index contributed by atoms with van der Waals surface area (Å²) in [6.45, 7) is 5.71. The molecule has 0 amide bonds. The number of aliphatic hydroxyl groups excluding tert-OH is 1. The van der Waals surface area contributed by atoms with Gasteiger partial charge in [-0.2, -0.15) is 0 Å². The third kappa shape index (κ3) is 7.15. The van der Waals surface area contributed by atoms with Crippen LogP contribution < -0.4 is 5.32 Å². The topological polar surface area (TPSA) is 125 Å². The number of rotatable bonds is 12. The smallest absolute Gasteiger partial charge is 0.335 e. The van der Waals surface area contributed by atoms with E-state index >= 15 is 0 Å². The van der Waals surface area contributed by atoms with E-state index in [1.54, 1.807) is 32.0 Å². The first-order valence-corrected chi connectivity index (χ1v) is 10.4. The SMILES string of the molecule is CCOC(OCC)P(=O)(O)CC(O)CN[C@@H](C)c1cccc(C(=O)O)c1. The highest BCUT2D eigenvalue weighted by atomic mass is 31.2. The Bertz CT molecular complexity index is 619. The molecule has 0 aliphatic carbocycles. The molecule has 0 aromatic heterocycles. The Morgan fingerprint density at radius 1 is 1.27 bits per heavy atom. The number of carbonyl (C=O) groups is 1. The van der Waals surface area contributed by atoms with Crippen LogP contribution in [-0.4, -0.2) is 59.1 Å². The van der Waals surface area contributed by atoms with Crippen molar-refractivity contribution in [1.29, 1.82) is 0 Å². The van der Waals surface area contributed by atoms with Crippen LogP contribution in [0.3, 0.4) is 0 Å². The summed E-state index contributed by atoms with van der Waals surface area (Å²) in [7, 11) is -3.86. The van der Waals surface area contributed by atoms with Gasteiger partial charge in [0, 0.05) is 25.8 Å². The lowest BCUT2D eigenvalue weighted by atomic mass is 10.1. The maximum Gasteiger partial charge on any atom is 0.335 e. The normalized spacial score (nSPS) is 16.2.